The molecule has 6 heteroatoms. The molecule has 1 saturated heterocycles. The molecule has 1 aliphatic rings. The molecule has 1 N–H and O–H groups in total. The summed E-state index contributed by atoms with van der Waals surface area (Å²) < 4.78 is 14.2. The highest BCUT2D eigenvalue weighted by Crippen LogP contribution is 2.37. The lowest BCUT2D eigenvalue weighted by molar-refractivity contribution is 0.337. The third-order valence-electron chi connectivity index (χ3n) is 6.50. The van der Waals surface area contributed by atoms with Gasteiger partial charge in [0.05, 0.1) is 29.0 Å². The van der Waals surface area contributed by atoms with E-state index in [2.05, 4.69) is 28.2 Å². The first-order chi connectivity index (χ1) is 16.1. The lowest BCUT2D eigenvalue weighted by atomic mass is 9.95. The number of pyridine rings is 1. The highest BCUT2D eigenvalue weighted by atomic mass is 32.2. The van der Waals surface area contributed by atoms with E-state index in [0.29, 0.717) is 11.5 Å². The Morgan fingerprint density at radius 1 is 1.06 bits per heavy atom. The van der Waals surface area contributed by atoms with Gasteiger partial charge in [0.15, 0.2) is 0 Å². The smallest absolute Gasteiger partial charge is 0.0991 e. The zero-order chi connectivity index (χ0) is 22.8. The molecule has 0 aliphatic carbocycles. The average molecular weight is 455 g/mol. The lowest BCUT2D eigenvalue weighted by Gasteiger charge is -2.23. The molecule has 0 radical (unpaired) electrons. The molecule has 0 spiro atoms. The minimum Gasteiger partial charge on any atom is -0.346 e. The van der Waals surface area contributed by atoms with E-state index in [1.807, 2.05) is 54.7 Å². The van der Waals surface area contributed by atoms with Crippen LogP contribution in [0.3, 0.4) is 0 Å². The van der Waals surface area contributed by atoms with E-state index >= 15 is 0 Å². The van der Waals surface area contributed by atoms with Crippen molar-refractivity contribution in [3.63, 3.8) is 0 Å². The number of piperidine rings is 1. The second-order valence-corrected chi connectivity index (χ2v) is 9.99. The molecule has 3 heterocycles. The zero-order valence-corrected chi connectivity index (χ0v) is 19.4. The Bertz CT molecular complexity index is 1340. The maximum Gasteiger partial charge on any atom is 0.0991 e. The predicted molar refractivity (Wildman–Crippen MR) is 133 cm³/mol. The highest BCUT2D eigenvalue weighted by molar-refractivity contribution is 7.84. The zero-order valence-electron chi connectivity index (χ0n) is 18.6. The summed E-state index contributed by atoms with van der Waals surface area (Å²) in [5, 5.41) is 13.8. The van der Waals surface area contributed by atoms with E-state index in [1.165, 1.54) is 12.8 Å². The van der Waals surface area contributed by atoms with Gasteiger partial charge in [0.1, 0.15) is 0 Å². The second-order valence-electron chi connectivity index (χ2n) is 8.61. The summed E-state index contributed by atoms with van der Waals surface area (Å²) in [6, 6.07) is 19.9. The van der Waals surface area contributed by atoms with Crippen molar-refractivity contribution in [2.45, 2.75) is 24.3 Å². The van der Waals surface area contributed by atoms with Crippen LogP contribution in [0, 0.1) is 17.2 Å². The Morgan fingerprint density at radius 3 is 2.42 bits per heavy atom. The van der Waals surface area contributed by atoms with Crippen molar-refractivity contribution in [1.29, 1.82) is 5.26 Å². The molecule has 1 atom stereocenters. The number of benzene rings is 2. The predicted octanol–water partition coefficient (Wildman–Crippen LogP) is 4.98. The Morgan fingerprint density at radius 2 is 1.76 bits per heavy atom. The van der Waals surface area contributed by atoms with Crippen LogP contribution in [-0.2, 0) is 17.3 Å². The van der Waals surface area contributed by atoms with Gasteiger partial charge < -0.3 is 9.88 Å². The SMILES string of the molecule is CS(=O)c1ccc(-c2ncc3c(ccn3CC3CCNCC3)c2-c2ccc(C#N)cc2)cc1. The maximum atomic E-state index is 11.8. The number of aromatic nitrogens is 2. The fourth-order valence-electron chi connectivity index (χ4n) is 4.69. The first-order valence-corrected chi connectivity index (χ1v) is 12.8. The fourth-order valence-corrected chi connectivity index (χ4v) is 5.21. The van der Waals surface area contributed by atoms with Gasteiger partial charge in [-0.2, -0.15) is 5.26 Å². The third kappa shape index (κ3) is 4.35. The van der Waals surface area contributed by atoms with Crippen LogP contribution in [0.2, 0.25) is 0 Å². The minimum absolute atomic E-state index is 0.638. The number of hydrogen-bond donors (Lipinski definition) is 1. The van der Waals surface area contributed by atoms with Crippen LogP contribution in [0.5, 0.6) is 0 Å². The largest absolute Gasteiger partial charge is 0.346 e. The van der Waals surface area contributed by atoms with Gasteiger partial charge in [0.25, 0.3) is 0 Å². The van der Waals surface area contributed by atoms with E-state index in [4.69, 9.17) is 4.98 Å². The van der Waals surface area contributed by atoms with Crippen molar-refractivity contribution in [3.8, 4) is 28.5 Å². The molecule has 166 valence electrons. The average Bonchev–Trinajstić information content (AvgIpc) is 3.27. The van der Waals surface area contributed by atoms with E-state index < -0.39 is 10.8 Å². The van der Waals surface area contributed by atoms with Crippen molar-refractivity contribution in [3.05, 3.63) is 72.6 Å². The molecule has 2 aromatic carbocycles. The quantitative estimate of drug-likeness (QED) is 0.462. The lowest BCUT2D eigenvalue weighted by Crippen LogP contribution is -2.29. The summed E-state index contributed by atoms with van der Waals surface area (Å²) in [6.45, 7) is 3.17. The molecule has 1 fully saturated rings. The van der Waals surface area contributed by atoms with Gasteiger partial charge in [-0.3, -0.25) is 9.19 Å². The standard InChI is InChI=1S/C27H26N4OS/c1-33(32)23-8-6-22(7-9-23)27-26(21-4-2-19(16-28)3-5-21)24-12-15-31(25(24)17-30-27)18-20-10-13-29-14-11-20/h2-9,12,15,17,20,29H,10-11,13-14,18H2,1H3. The van der Waals surface area contributed by atoms with E-state index in [0.717, 1.165) is 57.8 Å². The number of nitrogens with zero attached hydrogens (tertiary/aromatic N) is 3. The molecule has 1 aliphatic heterocycles. The Labute approximate surface area is 196 Å². The molecule has 5 nitrogen and oxygen atoms in total. The van der Waals surface area contributed by atoms with Crippen LogP contribution >= 0.6 is 0 Å². The fraction of sp³-hybridized carbons (Fsp3) is 0.259. The second kappa shape index (κ2) is 9.30. The molecule has 33 heavy (non-hydrogen) atoms. The summed E-state index contributed by atoms with van der Waals surface area (Å²) >= 11 is 0. The van der Waals surface area contributed by atoms with Gasteiger partial charge in [-0.25, -0.2) is 0 Å². The number of nitrogens with one attached hydrogen (secondary N) is 1. The normalized spacial score (nSPS) is 15.4. The van der Waals surface area contributed by atoms with Crippen molar-refractivity contribution in [2.24, 2.45) is 5.92 Å². The van der Waals surface area contributed by atoms with Crippen molar-refractivity contribution in [1.82, 2.24) is 14.9 Å². The molecule has 1 unspecified atom stereocenters. The van der Waals surface area contributed by atoms with Crippen molar-refractivity contribution >= 4 is 21.7 Å². The monoisotopic (exact) mass is 454 g/mol. The first kappa shape index (κ1) is 21.6. The summed E-state index contributed by atoms with van der Waals surface area (Å²) in [7, 11) is -1.02. The van der Waals surface area contributed by atoms with Crippen LogP contribution < -0.4 is 5.32 Å². The van der Waals surface area contributed by atoms with Gasteiger partial charge in [-0.15, -0.1) is 0 Å². The molecule has 0 bridgehead atoms. The molecule has 2 aromatic heterocycles. The van der Waals surface area contributed by atoms with Gasteiger partial charge in [-0.1, -0.05) is 24.3 Å². The Kier molecular flexibility index (Phi) is 6.08. The van der Waals surface area contributed by atoms with Gasteiger partial charge in [0, 0.05) is 51.2 Å². The van der Waals surface area contributed by atoms with Gasteiger partial charge in [0.2, 0.25) is 0 Å². The number of nitriles is 1. The number of rotatable bonds is 5. The highest BCUT2D eigenvalue weighted by Gasteiger charge is 2.19. The molecular weight excluding hydrogens is 428 g/mol. The first-order valence-electron chi connectivity index (χ1n) is 11.3. The van der Waals surface area contributed by atoms with E-state index in [-0.39, 0.29) is 0 Å². The maximum absolute atomic E-state index is 11.8. The van der Waals surface area contributed by atoms with Crippen molar-refractivity contribution < 1.29 is 4.21 Å². The molecular formula is C27H26N4OS. The van der Waals surface area contributed by atoms with Crippen LogP contribution in [0.15, 0.2) is 71.9 Å². The minimum atomic E-state index is -1.02. The Balaban J connectivity index is 1.64. The van der Waals surface area contributed by atoms with Crippen LogP contribution in [-0.4, -0.2) is 33.1 Å². The molecule has 0 amide bonds. The summed E-state index contributed by atoms with van der Waals surface area (Å²) in [6.07, 6.45) is 8.23. The van der Waals surface area contributed by atoms with Gasteiger partial charge >= 0.3 is 0 Å². The third-order valence-corrected chi connectivity index (χ3v) is 7.44. The van der Waals surface area contributed by atoms with E-state index in [1.54, 1.807) is 6.26 Å². The van der Waals surface area contributed by atoms with Crippen molar-refractivity contribution in [2.75, 3.05) is 19.3 Å². The van der Waals surface area contributed by atoms with Crippen LogP contribution in [0.4, 0.5) is 0 Å². The number of hydrogen-bond acceptors (Lipinski definition) is 4. The summed E-state index contributed by atoms with van der Waals surface area (Å²) in [5.41, 5.74) is 5.73. The molecule has 4 aromatic rings. The van der Waals surface area contributed by atoms with E-state index in [9.17, 15) is 9.47 Å². The molecule has 5 rings (SSSR count). The Hall–Kier alpha value is -3.27. The van der Waals surface area contributed by atoms with Crippen LogP contribution in [0.25, 0.3) is 33.3 Å². The topological polar surface area (TPSA) is 70.7 Å². The summed E-state index contributed by atoms with van der Waals surface area (Å²) in [5.74, 6) is 0.669. The van der Waals surface area contributed by atoms with Crippen LogP contribution in [0.1, 0.15) is 18.4 Å². The van der Waals surface area contributed by atoms with Gasteiger partial charge in [-0.05, 0) is 67.7 Å². The molecule has 0 saturated carbocycles. The summed E-state index contributed by atoms with van der Waals surface area (Å²) in [4.78, 5) is 5.72. The number of fused-ring (bicyclic) bond motifs is 1.